The Bertz CT molecular complexity index is 1760. The first-order valence-electron chi connectivity index (χ1n) is 14.0. The number of aromatic amines is 1. The number of aromatic hydroxyl groups is 1. The lowest BCUT2D eigenvalue weighted by Crippen LogP contribution is -2.42. The minimum absolute atomic E-state index is 0.124. The van der Waals surface area contributed by atoms with Gasteiger partial charge in [0, 0.05) is 37.1 Å². The highest BCUT2D eigenvalue weighted by molar-refractivity contribution is 7.92. The molecule has 0 atom stereocenters. The number of rotatable bonds is 12. The molecule has 0 aliphatic rings. The number of carbonyl (C=O) groups excluding carboxylic acids is 2. The Labute approximate surface area is 257 Å². The van der Waals surface area contributed by atoms with E-state index in [-0.39, 0.29) is 30.7 Å². The molecule has 4 aromatic rings. The van der Waals surface area contributed by atoms with Crippen molar-refractivity contribution < 1.29 is 27.9 Å². The van der Waals surface area contributed by atoms with Gasteiger partial charge in [-0.15, -0.1) is 0 Å². The average molecular weight is 620 g/mol. The van der Waals surface area contributed by atoms with Gasteiger partial charge in [-0.3, -0.25) is 9.10 Å². The van der Waals surface area contributed by atoms with Gasteiger partial charge >= 0.3 is 5.97 Å². The van der Waals surface area contributed by atoms with Gasteiger partial charge in [0.15, 0.2) is 5.88 Å². The first kappa shape index (κ1) is 32.2. The number of carbonyl (C=O) groups is 2. The molecule has 0 saturated carbocycles. The summed E-state index contributed by atoms with van der Waals surface area (Å²) in [7, 11) is 2.90. The van der Waals surface area contributed by atoms with Gasteiger partial charge in [-0.05, 0) is 57.4 Å². The minimum atomic E-state index is -3.82. The molecule has 1 heterocycles. The summed E-state index contributed by atoms with van der Waals surface area (Å²) in [5.74, 6) is -1.10. The highest BCUT2D eigenvalue weighted by Crippen LogP contribution is 2.33. The Morgan fingerprint density at radius 1 is 0.932 bits per heavy atom. The van der Waals surface area contributed by atoms with Crippen LogP contribution >= 0.6 is 0 Å². The van der Waals surface area contributed by atoms with Crippen LogP contribution in [0.1, 0.15) is 28.4 Å². The quantitative estimate of drug-likeness (QED) is 0.181. The van der Waals surface area contributed by atoms with Crippen LogP contribution in [0.5, 0.6) is 5.88 Å². The molecule has 0 spiro atoms. The van der Waals surface area contributed by atoms with Crippen LogP contribution in [0.25, 0.3) is 10.9 Å². The molecule has 0 aliphatic carbocycles. The van der Waals surface area contributed by atoms with E-state index in [1.165, 1.54) is 4.90 Å². The number of hydrogen-bond donors (Lipinski definition) is 2. The van der Waals surface area contributed by atoms with E-state index < -0.39 is 16.0 Å². The predicted octanol–water partition coefficient (Wildman–Crippen LogP) is 4.01. The lowest BCUT2D eigenvalue weighted by Gasteiger charge is -2.26. The van der Waals surface area contributed by atoms with Gasteiger partial charge in [-0.1, -0.05) is 36.4 Å². The van der Waals surface area contributed by atoms with E-state index in [2.05, 4.69) is 4.98 Å². The molecule has 0 aliphatic heterocycles. The van der Waals surface area contributed by atoms with Crippen molar-refractivity contribution in [1.82, 2.24) is 14.8 Å². The molecule has 1 amide bonds. The number of ether oxygens (including phenoxy) is 1. The summed E-state index contributed by atoms with van der Waals surface area (Å²) in [5.41, 5.74) is 3.34. The Morgan fingerprint density at radius 2 is 1.61 bits per heavy atom. The van der Waals surface area contributed by atoms with Crippen LogP contribution in [0.3, 0.4) is 0 Å². The summed E-state index contributed by atoms with van der Waals surface area (Å²) in [5, 5.41) is 11.7. The number of nitrogens with one attached hydrogen (secondary N) is 1. The van der Waals surface area contributed by atoms with Gasteiger partial charge in [0.25, 0.3) is 0 Å². The van der Waals surface area contributed by atoms with Crippen LogP contribution in [-0.4, -0.2) is 99.5 Å². The Hall–Kier alpha value is -4.68. The van der Waals surface area contributed by atoms with E-state index >= 15 is 0 Å². The number of aliphatic imine (C=N–C) groups is 1. The fourth-order valence-electron chi connectivity index (χ4n) is 4.47. The topological polar surface area (TPSA) is 136 Å². The highest BCUT2D eigenvalue weighted by atomic mass is 32.2. The molecule has 0 fully saturated rings. The van der Waals surface area contributed by atoms with E-state index in [1.807, 2.05) is 30.3 Å². The number of sulfonamides is 1. The molecular formula is C32H37N5O6S. The van der Waals surface area contributed by atoms with E-state index in [0.29, 0.717) is 45.7 Å². The molecule has 0 unspecified atom stereocenters. The highest BCUT2D eigenvalue weighted by Gasteiger charge is 2.26. The van der Waals surface area contributed by atoms with Gasteiger partial charge in [0.1, 0.15) is 6.54 Å². The zero-order valence-electron chi connectivity index (χ0n) is 25.4. The molecule has 3 aromatic carbocycles. The van der Waals surface area contributed by atoms with E-state index in [1.54, 1.807) is 82.5 Å². The molecule has 2 N–H and O–H groups in total. The monoisotopic (exact) mass is 619 g/mol. The molecule has 11 nitrogen and oxygen atoms in total. The number of nitrogens with zero attached hydrogens (tertiary/aromatic N) is 4. The first-order chi connectivity index (χ1) is 20.9. The van der Waals surface area contributed by atoms with Crippen LogP contribution in [-0.2, 0) is 19.6 Å². The number of benzene rings is 3. The number of H-pyrrole nitrogens is 1. The zero-order valence-corrected chi connectivity index (χ0v) is 26.3. The third-order valence-electron chi connectivity index (χ3n) is 6.86. The van der Waals surface area contributed by atoms with Crippen LogP contribution < -0.4 is 4.31 Å². The Kier molecular flexibility index (Phi) is 10.1. The van der Waals surface area contributed by atoms with Gasteiger partial charge in [0.05, 0.1) is 40.6 Å². The largest absolute Gasteiger partial charge is 0.494 e. The third-order valence-corrected chi connectivity index (χ3v) is 8.57. The summed E-state index contributed by atoms with van der Waals surface area (Å²) >= 11 is 0. The van der Waals surface area contributed by atoms with E-state index in [9.17, 15) is 23.1 Å². The van der Waals surface area contributed by atoms with Crippen molar-refractivity contribution >= 4 is 49.9 Å². The maximum absolute atomic E-state index is 13.3. The van der Waals surface area contributed by atoms with Gasteiger partial charge in [0.2, 0.25) is 15.9 Å². The average Bonchev–Trinajstić information content (AvgIpc) is 3.33. The summed E-state index contributed by atoms with van der Waals surface area (Å²) in [6.07, 6.45) is 0. The summed E-state index contributed by atoms with van der Waals surface area (Å²) in [4.78, 5) is 35.8. The van der Waals surface area contributed by atoms with Crippen molar-refractivity contribution in [2.45, 2.75) is 6.92 Å². The smallest absolute Gasteiger partial charge is 0.338 e. The number of aromatic nitrogens is 1. The fraction of sp³-hybridized carbons (Fsp3) is 0.281. The molecule has 232 valence electrons. The number of fused-ring (bicyclic) bond motifs is 1. The van der Waals surface area contributed by atoms with Gasteiger partial charge in [-0.2, -0.15) is 0 Å². The molecule has 0 saturated heterocycles. The summed E-state index contributed by atoms with van der Waals surface area (Å²) < 4.78 is 32.8. The van der Waals surface area contributed by atoms with Crippen molar-refractivity contribution in [1.29, 1.82) is 0 Å². The van der Waals surface area contributed by atoms with Crippen LogP contribution in [0, 0.1) is 0 Å². The van der Waals surface area contributed by atoms with Crippen LogP contribution in [0.15, 0.2) is 77.8 Å². The third kappa shape index (κ3) is 7.44. The van der Waals surface area contributed by atoms with Crippen molar-refractivity contribution in [3.8, 4) is 5.88 Å². The molecular weight excluding hydrogens is 582 g/mol. The second kappa shape index (κ2) is 13.7. The summed E-state index contributed by atoms with van der Waals surface area (Å²) in [6.45, 7) is 1.94. The minimum Gasteiger partial charge on any atom is -0.494 e. The van der Waals surface area contributed by atoms with Crippen molar-refractivity contribution in [3.05, 3.63) is 89.5 Å². The van der Waals surface area contributed by atoms with Gasteiger partial charge in [-0.25, -0.2) is 18.2 Å². The SMILES string of the molecule is CCOC(=O)c1ccc2c(C(=Nc3ccc(N(CC(=O)N(C)C)S(=O)(=O)CCN(C)C)cc3)c3ccccc3)c(O)[nH]c2c1. The molecule has 0 radical (unpaired) electrons. The second-order valence-electron chi connectivity index (χ2n) is 10.6. The maximum atomic E-state index is 13.3. The molecule has 1 aromatic heterocycles. The van der Waals surface area contributed by atoms with Crippen molar-refractivity contribution in [2.24, 2.45) is 4.99 Å². The summed E-state index contributed by atoms with van der Waals surface area (Å²) in [6, 6.07) is 20.8. The zero-order chi connectivity index (χ0) is 32.0. The maximum Gasteiger partial charge on any atom is 0.338 e. The molecule has 44 heavy (non-hydrogen) atoms. The number of likely N-dealkylation sites (N-methyl/N-ethyl adjacent to an activating group) is 1. The Balaban J connectivity index is 1.78. The lowest BCUT2D eigenvalue weighted by atomic mass is 10.00. The number of anilines is 1. The van der Waals surface area contributed by atoms with Crippen LogP contribution in [0.4, 0.5) is 11.4 Å². The normalized spacial score (nSPS) is 12.0. The first-order valence-corrected chi connectivity index (χ1v) is 15.6. The van der Waals surface area contributed by atoms with Crippen molar-refractivity contribution in [3.63, 3.8) is 0 Å². The standard InChI is InChI=1S/C32H37N5O6S/c1-6-43-32(40)23-12-17-26-27(20-23)34-31(39)29(26)30(22-10-8-7-9-11-22)33-24-13-15-25(16-14-24)37(21-28(38)36(4)5)44(41,42)19-18-35(2)3/h7-17,20,34,39H,6,18-19,21H2,1-5H3. The number of hydrogen-bond acceptors (Lipinski definition) is 8. The fourth-order valence-corrected chi connectivity index (χ4v) is 6.04. The second-order valence-corrected chi connectivity index (χ2v) is 12.6. The molecule has 4 rings (SSSR count). The van der Waals surface area contributed by atoms with Crippen LogP contribution in [0.2, 0.25) is 0 Å². The van der Waals surface area contributed by atoms with E-state index in [0.717, 1.165) is 9.87 Å². The molecule has 12 heteroatoms. The van der Waals surface area contributed by atoms with Gasteiger partial charge < -0.3 is 24.6 Å². The lowest BCUT2D eigenvalue weighted by molar-refractivity contribution is -0.127. The predicted molar refractivity (Wildman–Crippen MR) is 172 cm³/mol. The number of esters is 1. The Morgan fingerprint density at radius 3 is 2.23 bits per heavy atom. The van der Waals surface area contributed by atoms with E-state index in [4.69, 9.17) is 9.73 Å². The van der Waals surface area contributed by atoms with Crippen molar-refractivity contribution in [2.75, 3.05) is 57.9 Å². The molecule has 0 bridgehead atoms. The number of amides is 1.